The van der Waals surface area contributed by atoms with Crippen LogP contribution in [0, 0.1) is 0 Å². The molecule has 100 valence electrons. The van der Waals surface area contributed by atoms with E-state index in [1.54, 1.807) is 6.08 Å². The van der Waals surface area contributed by atoms with Crippen LogP contribution in [0.2, 0.25) is 0 Å². The number of rotatable bonds is 6. The van der Waals surface area contributed by atoms with Crippen molar-refractivity contribution >= 4 is 17.3 Å². The van der Waals surface area contributed by atoms with Gasteiger partial charge >= 0.3 is 0 Å². The number of benzene rings is 1. The van der Waals surface area contributed by atoms with Crippen LogP contribution in [0.15, 0.2) is 60.7 Å². The smallest absolute Gasteiger partial charge is 0.221 e. The molecule has 1 amide bonds. The highest BCUT2D eigenvalue weighted by Crippen LogP contribution is 2.15. The van der Waals surface area contributed by atoms with Crippen molar-refractivity contribution in [3.05, 3.63) is 60.7 Å². The highest BCUT2D eigenvalue weighted by Gasteiger charge is 1.98. The first-order valence-electron chi connectivity index (χ1n) is 6.21. The third-order valence-electron chi connectivity index (χ3n) is 2.50. The van der Waals surface area contributed by atoms with Gasteiger partial charge in [0.15, 0.2) is 0 Å². The Bertz CT molecular complexity index is 501. The van der Waals surface area contributed by atoms with Crippen molar-refractivity contribution in [2.24, 2.45) is 0 Å². The average molecular weight is 256 g/mol. The molecule has 0 heterocycles. The van der Waals surface area contributed by atoms with E-state index in [1.807, 2.05) is 49.4 Å². The Balaban J connectivity index is 2.64. The van der Waals surface area contributed by atoms with Crippen molar-refractivity contribution in [3.63, 3.8) is 0 Å². The molecular weight excluding hydrogens is 236 g/mol. The van der Waals surface area contributed by atoms with Gasteiger partial charge in [-0.2, -0.15) is 0 Å². The van der Waals surface area contributed by atoms with Crippen molar-refractivity contribution < 1.29 is 4.79 Å². The van der Waals surface area contributed by atoms with Crippen LogP contribution in [0.3, 0.4) is 0 Å². The van der Waals surface area contributed by atoms with Gasteiger partial charge < -0.3 is 10.6 Å². The van der Waals surface area contributed by atoms with E-state index in [2.05, 4.69) is 17.2 Å². The molecule has 1 aromatic rings. The Morgan fingerprint density at radius 2 is 2.11 bits per heavy atom. The van der Waals surface area contributed by atoms with Crippen molar-refractivity contribution in [1.29, 1.82) is 0 Å². The van der Waals surface area contributed by atoms with Crippen LogP contribution in [0.1, 0.15) is 13.8 Å². The molecule has 3 nitrogen and oxygen atoms in total. The number of allylic oxidation sites excluding steroid dienone is 3. The molecular formula is C16H20N2O. The summed E-state index contributed by atoms with van der Waals surface area (Å²) in [5, 5.41) is 6.07. The van der Waals surface area contributed by atoms with Gasteiger partial charge in [-0.15, -0.1) is 0 Å². The minimum Gasteiger partial charge on any atom is -0.381 e. The molecule has 0 unspecified atom stereocenters. The second-order valence-electron chi connectivity index (χ2n) is 4.07. The third kappa shape index (κ3) is 5.73. The summed E-state index contributed by atoms with van der Waals surface area (Å²) in [5.41, 5.74) is 2.93. The molecule has 0 radical (unpaired) electrons. The summed E-state index contributed by atoms with van der Waals surface area (Å²) in [6.45, 7) is 7.87. The summed E-state index contributed by atoms with van der Waals surface area (Å²) < 4.78 is 0. The lowest BCUT2D eigenvalue weighted by atomic mass is 10.2. The van der Waals surface area contributed by atoms with E-state index in [1.165, 1.54) is 12.5 Å². The Hall–Kier alpha value is -2.29. The molecule has 0 atom stereocenters. The monoisotopic (exact) mass is 256 g/mol. The van der Waals surface area contributed by atoms with Gasteiger partial charge in [-0.05, 0) is 30.7 Å². The van der Waals surface area contributed by atoms with E-state index in [4.69, 9.17) is 0 Å². The number of nitrogens with one attached hydrogen (secondary N) is 2. The molecule has 1 rings (SSSR count). The Morgan fingerprint density at radius 3 is 2.74 bits per heavy atom. The maximum atomic E-state index is 11.0. The van der Waals surface area contributed by atoms with E-state index in [0.29, 0.717) is 0 Å². The van der Waals surface area contributed by atoms with E-state index in [9.17, 15) is 4.79 Å². The largest absolute Gasteiger partial charge is 0.381 e. The maximum absolute atomic E-state index is 11.0. The molecule has 0 aliphatic rings. The second-order valence-corrected chi connectivity index (χ2v) is 4.07. The first-order chi connectivity index (χ1) is 9.15. The minimum absolute atomic E-state index is 0.0693. The summed E-state index contributed by atoms with van der Waals surface area (Å²) in [5.74, 6) is -0.0693. The Labute approximate surface area is 114 Å². The van der Waals surface area contributed by atoms with Gasteiger partial charge in [0.1, 0.15) is 0 Å². The zero-order chi connectivity index (χ0) is 14.1. The maximum Gasteiger partial charge on any atom is 0.221 e. The summed E-state index contributed by atoms with van der Waals surface area (Å²) in [7, 11) is 0. The highest BCUT2D eigenvalue weighted by molar-refractivity contribution is 5.89. The van der Waals surface area contributed by atoms with Crippen molar-refractivity contribution in [1.82, 2.24) is 0 Å². The van der Waals surface area contributed by atoms with Crippen LogP contribution < -0.4 is 10.6 Å². The molecule has 0 aromatic heterocycles. The van der Waals surface area contributed by atoms with Gasteiger partial charge in [0.25, 0.3) is 0 Å². The summed E-state index contributed by atoms with van der Waals surface area (Å²) in [4.78, 5) is 11.0. The lowest BCUT2D eigenvalue weighted by Crippen LogP contribution is -2.07. The van der Waals surface area contributed by atoms with E-state index in [-0.39, 0.29) is 5.91 Å². The first-order valence-corrected chi connectivity index (χ1v) is 6.21. The van der Waals surface area contributed by atoms with Crippen LogP contribution in [0.5, 0.6) is 0 Å². The van der Waals surface area contributed by atoms with Gasteiger partial charge in [-0.1, -0.05) is 36.9 Å². The zero-order valence-electron chi connectivity index (χ0n) is 11.4. The summed E-state index contributed by atoms with van der Waals surface area (Å²) >= 11 is 0. The summed E-state index contributed by atoms with van der Waals surface area (Å²) in [6, 6.07) is 7.64. The molecule has 0 aliphatic carbocycles. The topological polar surface area (TPSA) is 41.1 Å². The molecule has 19 heavy (non-hydrogen) atoms. The fourth-order valence-corrected chi connectivity index (χ4v) is 1.56. The fraction of sp³-hybridized carbons (Fsp3) is 0.188. The Kier molecular flexibility index (Phi) is 6.16. The number of amides is 1. The van der Waals surface area contributed by atoms with Gasteiger partial charge in [-0.3, -0.25) is 4.79 Å². The predicted octanol–water partition coefficient (Wildman–Crippen LogP) is 3.75. The van der Waals surface area contributed by atoms with E-state index in [0.717, 1.165) is 17.9 Å². The molecule has 0 spiro atoms. The molecule has 0 bridgehead atoms. The standard InChI is InChI=1S/C16H20N2O/c1-4-6-8-14(5-2)12-17-15-9-7-10-16(11-15)18-13(3)19/h4-11,17H,1,12H2,2-3H3,(H,18,19)/b8-6-,14-5+. The molecule has 2 N–H and O–H groups in total. The number of anilines is 2. The number of hydrogen-bond donors (Lipinski definition) is 2. The number of carbonyl (C=O) groups is 1. The van der Waals surface area contributed by atoms with E-state index >= 15 is 0 Å². The van der Waals surface area contributed by atoms with Crippen LogP contribution in [-0.4, -0.2) is 12.5 Å². The zero-order valence-corrected chi connectivity index (χ0v) is 11.4. The van der Waals surface area contributed by atoms with Gasteiger partial charge in [0.2, 0.25) is 5.91 Å². The number of carbonyl (C=O) groups excluding carboxylic acids is 1. The van der Waals surface area contributed by atoms with Crippen LogP contribution >= 0.6 is 0 Å². The quantitative estimate of drug-likeness (QED) is 0.761. The molecule has 1 aromatic carbocycles. The lowest BCUT2D eigenvalue weighted by molar-refractivity contribution is -0.114. The number of hydrogen-bond acceptors (Lipinski definition) is 2. The SMILES string of the molecule is C=C/C=C\C(=C/C)CNc1cccc(NC(C)=O)c1. The Morgan fingerprint density at radius 1 is 1.37 bits per heavy atom. The van der Waals surface area contributed by atoms with Gasteiger partial charge in [-0.25, -0.2) is 0 Å². The normalized spacial score (nSPS) is 11.4. The fourth-order valence-electron chi connectivity index (χ4n) is 1.56. The molecule has 0 aliphatic heterocycles. The van der Waals surface area contributed by atoms with Crippen LogP contribution in [0.25, 0.3) is 0 Å². The van der Waals surface area contributed by atoms with Gasteiger partial charge in [0, 0.05) is 24.8 Å². The van der Waals surface area contributed by atoms with Crippen LogP contribution in [-0.2, 0) is 4.79 Å². The van der Waals surface area contributed by atoms with Crippen molar-refractivity contribution in [3.8, 4) is 0 Å². The van der Waals surface area contributed by atoms with Crippen molar-refractivity contribution in [2.75, 3.05) is 17.2 Å². The molecule has 0 saturated heterocycles. The first kappa shape index (κ1) is 14.8. The van der Waals surface area contributed by atoms with E-state index < -0.39 is 0 Å². The lowest BCUT2D eigenvalue weighted by Gasteiger charge is -2.09. The predicted molar refractivity (Wildman–Crippen MR) is 82.3 cm³/mol. The van der Waals surface area contributed by atoms with Crippen LogP contribution in [0.4, 0.5) is 11.4 Å². The second kappa shape index (κ2) is 7.93. The highest BCUT2D eigenvalue weighted by atomic mass is 16.1. The minimum atomic E-state index is -0.0693. The third-order valence-corrected chi connectivity index (χ3v) is 2.50. The van der Waals surface area contributed by atoms with Gasteiger partial charge in [0.05, 0.1) is 0 Å². The summed E-state index contributed by atoms with van der Waals surface area (Å²) in [6.07, 6.45) is 7.72. The molecule has 0 fully saturated rings. The molecule has 0 saturated carbocycles. The molecule has 3 heteroatoms. The average Bonchev–Trinajstić information content (AvgIpc) is 2.38. The van der Waals surface area contributed by atoms with Crippen molar-refractivity contribution in [2.45, 2.75) is 13.8 Å².